The van der Waals surface area contributed by atoms with E-state index in [-0.39, 0.29) is 0 Å². The molecule has 0 bridgehead atoms. The number of carbonyl (C=O) groups excluding carboxylic acids is 3. The van der Waals surface area contributed by atoms with Gasteiger partial charge in [0.05, 0.1) is 9.21 Å². The second-order valence-corrected chi connectivity index (χ2v) is 6.02. The van der Waals surface area contributed by atoms with Crippen molar-refractivity contribution in [1.29, 1.82) is 0 Å². The van der Waals surface area contributed by atoms with E-state index in [0.29, 0.717) is 20.6 Å². The van der Waals surface area contributed by atoms with E-state index < -0.39 is 23.4 Å². The second-order valence-electron chi connectivity index (χ2n) is 4.30. The number of amides is 4. The molecule has 4 amide bonds. The Hall–Kier alpha value is -1.60. The van der Waals surface area contributed by atoms with Crippen LogP contribution in [0.1, 0.15) is 29.9 Å². The first-order chi connectivity index (χ1) is 8.87. The first kappa shape index (κ1) is 13.8. The number of imide groups is 1. The zero-order valence-corrected chi connectivity index (χ0v) is 11.9. The predicted octanol–water partition coefficient (Wildman–Crippen LogP) is 1.77. The SMILES string of the molecule is CC[C@@]1(C)NC(=O)N(NC(=O)c2ccc(Cl)s2)C1=O. The molecule has 0 saturated carbocycles. The third-order valence-electron chi connectivity index (χ3n) is 2.98. The Bertz CT molecular complexity index is 559. The van der Waals surface area contributed by atoms with Crippen LogP contribution in [0, 0.1) is 0 Å². The summed E-state index contributed by atoms with van der Waals surface area (Å²) in [6.45, 7) is 3.39. The van der Waals surface area contributed by atoms with Crippen LogP contribution < -0.4 is 10.7 Å². The minimum Gasteiger partial charge on any atom is -0.322 e. The molecule has 1 aromatic heterocycles. The fraction of sp³-hybridized carbons (Fsp3) is 0.364. The Morgan fingerprint density at radius 1 is 1.53 bits per heavy atom. The summed E-state index contributed by atoms with van der Waals surface area (Å²) in [7, 11) is 0. The third-order valence-corrected chi connectivity index (χ3v) is 4.21. The summed E-state index contributed by atoms with van der Waals surface area (Å²) in [5.41, 5.74) is 1.31. The van der Waals surface area contributed by atoms with Gasteiger partial charge < -0.3 is 5.32 Å². The smallest absolute Gasteiger partial charge is 0.322 e. The van der Waals surface area contributed by atoms with E-state index in [1.807, 2.05) is 0 Å². The van der Waals surface area contributed by atoms with Crippen molar-refractivity contribution in [3.05, 3.63) is 21.3 Å². The molecule has 8 heteroatoms. The van der Waals surface area contributed by atoms with Crippen LogP contribution in [0.25, 0.3) is 0 Å². The minimum absolute atomic E-state index is 0.329. The molecule has 1 saturated heterocycles. The van der Waals surface area contributed by atoms with Crippen LogP contribution in [-0.2, 0) is 4.79 Å². The van der Waals surface area contributed by atoms with Crippen LogP contribution in [-0.4, -0.2) is 28.4 Å². The van der Waals surface area contributed by atoms with E-state index in [1.54, 1.807) is 19.9 Å². The molecule has 0 aromatic carbocycles. The summed E-state index contributed by atoms with van der Waals surface area (Å²) in [5, 5.41) is 3.25. The molecule has 0 aliphatic carbocycles. The number of thiophene rings is 1. The highest BCUT2D eigenvalue weighted by molar-refractivity contribution is 7.18. The van der Waals surface area contributed by atoms with Crippen molar-refractivity contribution in [2.24, 2.45) is 0 Å². The molecule has 102 valence electrons. The van der Waals surface area contributed by atoms with Crippen molar-refractivity contribution in [3.63, 3.8) is 0 Å². The average molecular weight is 302 g/mol. The number of hydrogen-bond acceptors (Lipinski definition) is 4. The molecule has 1 aliphatic rings. The lowest BCUT2D eigenvalue weighted by atomic mass is 10.00. The quantitative estimate of drug-likeness (QED) is 0.835. The topological polar surface area (TPSA) is 78.5 Å². The second kappa shape index (κ2) is 4.82. The Labute approximate surface area is 118 Å². The summed E-state index contributed by atoms with van der Waals surface area (Å²) >= 11 is 6.80. The van der Waals surface area contributed by atoms with Crippen molar-refractivity contribution < 1.29 is 14.4 Å². The lowest BCUT2D eigenvalue weighted by molar-refractivity contribution is -0.132. The number of hydrazine groups is 1. The molecule has 2 N–H and O–H groups in total. The van der Waals surface area contributed by atoms with Gasteiger partial charge in [0, 0.05) is 0 Å². The zero-order valence-electron chi connectivity index (χ0n) is 10.3. The highest BCUT2D eigenvalue weighted by Gasteiger charge is 2.47. The van der Waals surface area contributed by atoms with Gasteiger partial charge in [0.2, 0.25) is 0 Å². The number of nitrogens with one attached hydrogen (secondary N) is 2. The summed E-state index contributed by atoms with van der Waals surface area (Å²) < 4.78 is 0.459. The van der Waals surface area contributed by atoms with E-state index in [0.717, 1.165) is 11.3 Å². The Morgan fingerprint density at radius 2 is 2.21 bits per heavy atom. The standard InChI is InChI=1S/C11H12ClN3O3S/c1-3-11(2)9(17)15(10(18)13-11)14-8(16)6-4-5-7(12)19-6/h4-5H,3H2,1-2H3,(H,13,18)(H,14,16)/t11-/m1/s1. The third kappa shape index (κ3) is 2.43. The molecule has 2 heterocycles. The first-order valence-corrected chi connectivity index (χ1v) is 6.80. The van der Waals surface area contributed by atoms with Gasteiger partial charge in [-0.25, -0.2) is 4.79 Å². The molecule has 0 spiro atoms. The summed E-state index contributed by atoms with van der Waals surface area (Å²) in [4.78, 5) is 35.9. The van der Waals surface area contributed by atoms with Crippen LogP contribution in [0.4, 0.5) is 4.79 Å². The molecule has 6 nitrogen and oxygen atoms in total. The van der Waals surface area contributed by atoms with Gasteiger partial charge in [0.15, 0.2) is 0 Å². The van der Waals surface area contributed by atoms with Gasteiger partial charge >= 0.3 is 6.03 Å². The van der Waals surface area contributed by atoms with E-state index in [4.69, 9.17) is 11.6 Å². The number of rotatable bonds is 3. The van der Waals surface area contributed by atoms with Crippen molar-refractivity contribution >= 4 is 40.8 Å². The molecule has 1 atom stereocenters. The highest BCUT2D eigenvalue weighted by Crippen LogP contribution is 2.23. The van der Waals surface area contributed by atoms with E-state index in [1.165, 1.54) is 6.07 Å². The Kier molecular flexibility index (Phi) is 3.51. The minimum atomic E-state index is -0.975. The Morgan fingerprint density at radius 3 is 2.68 bits per heavy atom. The van der Waals surface area contributed by atoms with Crippen LogP contribution in [0.3, 0.4) is 0 Å². The molecule has 2 rings (SSSR count). The van der Waals surface area contributed by atoms with Gasteiger partial charge in [-0.05, 0) is 25.5 Å². The number of nitrogens with zero attached hydrogens (tertiary/aromatic N) is 1. The van der Waals surface area contributed by atoms with Crippen LogP contribution in [0.15, 0.2) is 12.1 Å². The van der Waals surface area contributed by atoms with Gasteiger partial charge in [-0.2, -0.15) is 5.01 Å². The summed E-state index contributed by atoms with van der Waals surface area (Å²) in [6.07, 6.45) is 0.439. The van der Waals surface area contributed by atoms with E-state index >= 15 is 0 Å². The van der Waals surface area contributed by atoms with Crippen molar-refractivity contribution in [2.45, 2.75) is 25.8 Å². The van der Waals surface area contributed by atoms with Crippen molar-refractivity contribution in [3.8, 4) is 0 Å². The Balaban J connectivity index is 2.14. The zero-order chi connectivity index (χ0) is 14.2. The highest BCUT2D eigenvalue weighted by atomic mass is 35.5. The number of halogens is 1. The molecule has 1 fully saturated rings. The van der Waals surface area contributed by atoms with Crippen LogP contribution >= 0.6 is 22.9 Å². The lowest BCUT2D eigenvalue weighted by Gasteiger charge is -2.19. The van der Waals surface area contributed by atoms with Gasteiger partial charge in [0.1, 0.15) is 5.54 Å². The maximum Gasteiger partial charge on any atom is 0.344 e. The normalized spacial score (nSPS) is 22.6. The van der Waals surface area contributed by atoms with E-state index in [9.17, 15) is 14.4 Å². The van der Waals surface area contributed by atoms with Crippen molar-refractivity contribution in [2.75, 3.05) is 0 Å². The summed E-state index contributed by atoms with van der Waals surface area (Å²) in [6, 6.07) is 2.47. The van der Waals surface area contributed by atoms with Gasteiger partial charge in [-0.15, -0.1) is 11.3 Å². The van der Waals surface area contributed by atoms with Gasteiger partial charge in [-0.3, -0.25) is 15.0 Å². The number of hydrogen-bond donors (Lipinski definition) is 2. The van der Waals surface area contributed by atoms with Crippen LogP contribution in [0.5, 0.6) is 0 Å². The van der Waals surface area contributed by atoms with Gasteiger partial charge in [0.25, 0.3) is 11.8 Å². The number of urea groups is 1. The molecular formula is C11H12ClN3O3S. The molecular weight excluding hydrogens is 290 g/mol. The van der Waals surface area contributed by atoms with Crippen molar-refractivity contribution in [1.82, 2.24) is 15.8 Å². The molecule has 0 unspecified atom stereocenters. The fourth-order valence-corrected chi connectivity index (χ4v) is 2.55. The maximum atomic E-state index is 12.0. The number of carbonyl (C=O) groups is 3. The average Bonchev–Trinajstić information content (AvgIpc) is 2.88. The molecule has 1 aromatic rings. The fourth-order valence-electron chi connectivity index (χ4n) is 1.62. The van der Waals surface area contributed by atoms with Crippen LogP contribution in [0.2, 0.25) is 4.34 Å². The lowest BCUT2D eigenvalue weighted by Crippen LogP contribution is -2.48. The first-order valence-electron chi connectivity index (χ1n) is 5.60. The molecule has 19 heavy (non-hydrogen) atoms. The monoisotopic (exact) mass is 301 g/mol. The largest absolute Gasteiger partial charge is 0.344 e. The predicted molar refractivity (Wildman–Crippen MR) is 70.9 cm³/mol. The molecule has 0 radical (unpaired) electrons. The van der Waals surface area contributed by atoms with Gasteiger partial charge in [-0.1, -0.05) is 18.5 Å². The van der Waals surface area contributed by atoms with E-state index in [2.05, 4.69) is 10.7 Å². The summed E-state index contributed by atoms with van der Waals surface area (Å²) in [5.74, 6) is -1.02. The maximum absolute atomic E-state index is 12.0. The molecule has 1 aliphatic heterocycles.